The molecule has 4 aromatic rings. The highest BCUT2D eigenvalue weighted by Gasteiger charge is 2.23. The first-order valence-corrected chi connectivity index (χ1v) is 12.1. The zero-order valence-electron chi connectivity index (χ0n) is 21.2. The maximum atomic E-state index is 12.9. The van der Waals surface area contributed by atoms with Crippen molar-refractivity contribution in [2.45, 2.75) is 40.2 Å². The van der Waals surface area contributed by atoms with Crippen molar-refractivity contribution in [2.75, 3.05) is 6.54 Å². The fourth-order valence-corrected chi connectivity index (χ4v) is 4.36. The topological polar surface area (TPSA) is 96.3 Å². The fourth-order valence-electron chi connectivity index (χ4n) is 4.21. The highest BCUT2D eigenvalue weighted by molar-refractivity contribution is 6.31. The maximum absolute atomic E-state index is 12.9. The van der Waals surface area contributed by atoms with Gasteiger partial charge in [0, 0.05) is 46.9 Å². The van der Waals surface area contributed by atoms with E-state index in [-0.39, 0.29) is 11.5 Å². The molecule has 0 aliphatic rings. The average molecular weight is 508 g/mol. The van der Waals surface area contributed by atoms with E-state index in [9.17, 15) is 14.7 Å². The summed E-state index contributed by atoms with van der Waals surface area (Å²) in [6, 6.07) is 10.9. The van der Waals surface area contributed by atoms with E-state index < -0.39 is 5.60 Å². The Morgan fingerprint density at radius 3 is 2.56 bits per heavy atom. The lowest BCUT2D eigenvalue weighted by molar-refractivity contribution is 0.0786. The van der Waals surface area contributed by atoms with Crippen LogP contribution in [0.4, 0.5) is 0 Å². The fraction of sp³-hybridized carbons (Fsp3) is 0.286. The van der Waals surface area contributed by atoms with Crippen LogP contribution in [0.15, 0.2) is 47.4 Å². The van der Waals surface area contributed by atoms with Gasteiger partial charge in [-0.15, -0.1) is 0 Å². The molecule has 2 aromatic heterocycles. The van der Waals surface area contributed by atoms with Gasteiger partial charge in [0.2, 0.25) is 0 Å². The number of nitrogens with one attached hydrogen (secondary N) is 2. The number of pyridine rings is 1. The average Bonchev–Trinajstić information content (AvgIpc) is 3.27. The minimum absolute atomic E-state index is 0.257. The third-order valence-corrected chi connectivity index (χ3v) is 6.68. The van der Waals surface area contributed by atoms with Gasteiger partial charge in [-0.2, -0.15) is 0 Å². The van der Waals surface area contributed by atoms with Crippen molar-refractivity contribution in [3.8, 4) is 22.6 Å². The number of fused-ring (bicyclic) bond motifs is 1. The third-order valence-electron chi connectivity index (χ3n) is 6.27. The van der Waals surface area contributed by atoms with Gasteiger partial charge in [0.05, 0.1) is 5.60 Å². The molecule has 188 valence electrons. The molecule has 3 N–H and O–H groups in total. The van der Waals surface area contributed by atoms with Crippen molar-refractivity contribution in [2.24, 2.45) is 7.05 Å². The Kier molecular flexibility index (Phi) is 6.73. The lowest BCUT2D eigenvalue weighted by Gasteiger charge is -2.22. The Morgan fingerprint density at radius 1 is 1.17 bits per heavy atom. The SMILES string of the molecule is CCNC(=O)c1cc2c(-c3cc(C(C)(C)O)ccc3Oc3c(C)ccc(Cl)c3C)cn(C)c(=O)c2[nH]1. The second-order valence-electron chi connectivity index (χ2n) is 9.48. The van der Waals surface area contributed by atoms with Gasteiger partial charge >= 0.3 is 0 Å². The van der Waals surface area contributed by atoms with Gasteiger partial charge in [-0.1, -0.05) is 23.7 Å². The molecule has 2 aromatic carbocycles. The van der Waals surface area contributed by atoms with Crippen molar-refractivity contribution in [3.05, 3.63) is 80.4 Å². The summed E-state index contributed by atoms with van der Waals surface area (Å²) < 4.78 is 7.91. The molecule has 0 fully saturated rings. The van der Waals surface area contributed by atoms with Crippen molar-refractivity contribution < 1.29 is 14.6 Å². The van der Waals surface area contributed by atoms with Gasteiger partial charge < -0.3 is 24.7 Å². The summed E-state index contributed by atoms with van der Waals surface area (Å²) in [5.74, 6) is 0.865. The Hall–Kier alpha value is -3.55. The van der Waals surface area contributed by atoms with E-state index in [1.54, 1.807) is 39.2 Å². The first-order valence-electron chi connectivity index (χ1n) is 11.7. The first kappa shape index (κ1) is 25.5. The highest BCUT2D eigenvalue weighted by Crippen LogP contribution is 2.41. The largest absolute Gasteiger partial charge is 0.456 e. The molecule has 7 nitrogen and oxygen atoms in total. The van der Waals surface area contributed by atoms with E-state index in [4.69, 9.17) is 16.3 Å². The molecule has 0 bridgehead atoms. The summed E-state index contributed by atoms with van der Waals surface area (Å²) in [5.41, 5.74) is 2.97. The van der Waals surface area contributed by atoms with Crippen LogP contribution in [-0.4, -0.2) is 27.1 Å². The molecule has 1 amide bonds. The maximum Gasteiger partial charge on any atom is 0.274 e. The van der Waals surface area contributed by atoms with Crippen LogP contribution in [0.1, 0.15) is 48.0 Å². The van der Waals surface area contributed by atoms with Crippen LogP contribution in [-0.2, 0) is 12.6 Å². The predicted octanol–water partition coefficient (Wildman–Crippen LogP) is 5.57. The van der Waals surface area contributed by atoms with E-state index in [0.717, 1.165) is 11.1 Å². The number of aromatic nitrogens is 2. The number of rotatable bonds is 6. The molecule has 0 saturated heterocycles. The number of aryl methyl sites for hydroxylation is 2. The Labute approximate surface area is 214 Å². The molecule has 36 heavy (non-hydrogen) atoms. The lowest BCUT2D eigenvalue weighted by atomic mass is 9.93. The van der Waals surface area contributed by atoms with Crippen molar-refractivity contribution in [1.29, 1.82) is 0 Å². The van der Waals surface area contributed by atoms with Crippen LogP contribution in [0, 0.1) is 13.8 Å². The zero-order chi connectivity index (χ0) is 26.4. The summed E-state index contributed by atoms with van der Waals surface area (Å²) >= 11 is 6.38. The monoisotopic (exact) mass is 507 g/mol. The number of halogens is 1. The van der Waals surface area contributed by atoms with E-state index >= 15 is 0 Å². The van der Waals surface area contributed by atoms with Crippen LogP contribution < -0.4 is 15.6 Å². The summed E-state index contributed by atoms with van der Waals surface area (Å²) in [5, 5.41) is 14.7. The second-order valence-corrected chi connectivity index (χ2v) is 9.89. The predicted molar refractivity (Wildman–Crippen MR) is 143 cm³/mol. The van der Waals surface area contributed by atoms with E-state index in [1.165, 1.54) is 4.57 Å². The number of benzene rings is 2. The van der Waals surface area contributed by atoms with E-state index in [2.05, 4.69) is 10.3 Å². The van der Waals surface area contributed by atoms with Crippen LogP contribution in [0.2, 0.25) is 5.02 Å². The number of H-pyrrole nitrogens is 1. The molecule has 8 heteroatoms. The zero-order valence-corrected chi connectivity index (χ0v) is 22.0. The number of amides is 1. The molecule has 0 spiro atoms. The normalized spacial score (nSPS) is 11.7. The van der Waals surface area contributed by atoms with Gasteiger partial charge in [-0.3, -0.25) is 9.59 Å². The molecule has 0 unspecified atom stereocenters. The van der Waals surface area contributed by atoms with Gasteiger partial charge in [-0.05, 0) is 70.0 Å². The molecule has 0 aliphatic heterocycles. The van der Waals surface area contributed by atoms with Crippen LogP contribution in [0.5, 0.6) is 11.5 Å². The number of aromatic amines is 1. The smallest absolute Gasteiger partial charge is 0.274 e. The Morgan fingerprint density at radius 2 is 1.89 bits per heavy atom. The molecule has 0 radical (unpaired) electrons. The van der Waals surface area contributed by atoms with Gasteiger partial charge in [0.25, 0.3) is 11.5 Å². The molecular weight excluding hydrogens is 478 g/mol. The number of nitrogens with zero attached hydrogens (tertiary/aromatic N) is 1. The number of carbonyl (C=O) groups is 1. The number of ether oxygens (including phenoxy) is 1. The molecule has 0 atom stereocenters. The third kappa shape index (κ3) is 4.64. The van der Waals surface area contributed by atoms with Crippen LogP contribution in [0.3, 0.4) is 0 Å². The minimum atomic E-state index is -1.11. The molecule has 2 heterocycles. The first-order chi connectivity index (χ1) is 16.9. The summed E-state index contributed by atoms with van der Waals surface area (Å²) in [6.07, 6.45) is 1.72. The Bertz CT molecular complexity index is 1540. The molecule has 0 aliphatic carbocycles. The quantitative estimate of drug-likeness (QED) is 0.317. The van der Waals surface area contributed by atoms with Gasteiger partial charge in [0.15, 0.2) is 0 Å². The molecule has 4 rings (SSSR count). The van der Waals surface area contributed by atoms with Gasteiger partial charge in [-0.25, -0.2) is 0 Å². The van der Waals surface area contributed by atoms with Crippen molar-refractivity contribution in [1.82, 2.24) is 14.9 Å². The van der Waals surface area contributed by atoms with Crippen LogP contribution in [0.25, 0.3) is 22.0 Å². The van der Waals surface area contributed by atoms with Crippen molar-refractivity contribution >= 4 is 28.4 Å². The summed E-state index contributed by atoms with van der Waals surface area (Å²) in [4.78, 5) is 28.5. The Balaban J connectivity index is 2.01. The van der Waals surface area contributed by atoms with Crippen LogP contribution >= 0.6 is 11.6 Å². The lowest BCUT2D eigenvalue weighted by Crippen LogP contribution is -2.23. The summed E-state index contributed by atoms with van der Waals surface area (Å²) in [7, 11) is 1.66. The standard InChI is InChI=1S/C28H30ClN3O4/c1-7-30-26(33)22-13-19-20(14-32(6)27(34)24(19)31-22)18-12-17(28(4,5)35)9-11-23(18)36-25-15(2)8-10-21(29)16(25)3/h8-14,31,35H,7H2,1-6H3,(H,30,33). The molecular formula is C28H30ClN3O4. The van der Waals surface area contributed by atoms with E-state index in [0.29, 0.717) is 56.4 Å². The van der Waals surface area contributed by atoms with E-state index in [1.807, 2.05) is 45.0 Å². The highest BCUT2D eigenvalue weighted by atomic mass is 35.5. The second kappa shape index (κ2) is 9.48. The number of carbonyl (C=O) groups excluding carboxylic acids is 1. The number of hydrogen-bond donors (Lipinski definition) is 3. The van der Waals surface area contributed by atoms with Crippen molar-refractivity contribution in [3.63, 3.8) is 0 Å². The molecule has 0 saturated carbocycles. The number of aliphatic hydroxyl groups is 1. The summed E-state index contributed by atoms with van der Waals surface area (Å²) in [6.45, 7) is 9.54. The number of hydrogen-bond acceptors (Lipinski definition) is 4. The van der Waals surface area contributed by atoms with Gasteiger partial charge in [0.1, 0.15) is 22.7 Å². The minimum Gasteiger partial charge on any atom is -0.456 e.